The summed E-state index contributed by atoms with van der Waals surface area (Å²) in [6, 6.07) is 5.29. The quantitative estimate of drug-likeness (QED) is 0.715. The summed E-state index contributed by atoms with van der Waals surface area (Å²) in [5, 5.41) is 5.75. The Kier molecular flexibility index (Phi) is 4.88. The molecular formula is C19H21FN4OS. The van der Waals surface area contributed by atoms with Gasteiger partial charge >= 0.3 is 6.03 Å². The van der Waals surface area contributed by atoms with E-state index in [1.54, 1.807) is 22.9 Å². The maximum Gasteiger partial charge on any atom is 0.317 e. The van der Waals surface area contributed by atoms with Gasteiger partial charge in [0, 0.05) is 35.1 Å². The topological polar surface area (TPSA) is 61.0 Å². The minimum atomic E-state index is -0.195. The number of fused-ring (bicyclic) bond motifs is 1. The van der Waals surface area contributed by atoms with Crippen LogP contribution in [0.2, 0.25) is 0 Å². The number of H-pyrrole nitrogens is 1. The van der Waals surface area contributed by atoms with E-state index in [1.807, 2.05) is 22.4 Å². The van der Waals surface area contributed by atoms with Crippen LogP contribution in [0.1, 0.15) is 29.8 Å². The van der Waals surface area contributed by atoms with Crippen molar-refractivity contribution in [3.8, 4) is 0 Å². The van der Waals surface area contributed by atoms with Crippen LogP contribution in [-0.2, 0) is 19.4 Å². The molecule has 0 atom stereocenters. The second kappa shape index (κ2) is 7.45. The number of nitrogens with one attached hydrogen (secondary N) is 2. The summed E-state index contributed by atoms with van der Waals surface area (Å²) in [6.07, 6.45) is 3.49. The molecule has 0 bridgehead atoms. The lowest BCUT2D eigenvalue weighted by molar-refractivity contribution is 0.208. The van der Waals surface area contributed by atoms with Gasteiger partial charge in [0.15, 0.2) is 0 Å². The van der Waals surface area contributed by atoms with Crippen LogP contribution in [0, 0.1) is 5.82 Å². The van der Waals surface area contributed by atoms with Crippen molar-refractivity contribution in [2.24, 2.45) is 0 Å². The third-order valence-electron chi connectivity index (χ3n) is 4.80. The maximum absolute atomic E-state index is 14.4. The molecule has 1 aliphatic rings. The van der Waals surface area contributed by atoms with E-state index in [1.165, 1.54) is 0 Å². The maximum atomic E-state index is 14.4. The number of benzene rings is 1. The Morgan fingerprint density at radius 2 is 2.12 bits per heavy atom. The summed E-state index contributed by atoms with van der Waals surface area (Å²) in [5.74, 6) is -0.195. The zero-order chi connectivity index (χ0) is 17.9. The fourth-order valence-electron chi connectivity index (χ4n) is 3.37. The molecule has 3 aromatic rings. The van der Waals surface area contributed by atoms with Crippen LogP contribution in [0.4, 0.5) is 9.18 Å². The molecule has 2 N–H and O–H groups in total. The molecule has 0 radical (unpaired) electrons. The number of likely N-dealkylation sites (tertiary alicyclic amines) is 1. The third kappa shape index (κ3) is 3.72. The predicted octanol–water partition coefficient (Wildman–Crippen LogP) is 3.85. The zero-order valence-electron chi connectivity index (χ0n) is 14.4. The monoisotopic (exact) mass is 372 g/mol. The van der Waals surface area contributed by atoms with E-state index in [2.05, 4.69) is 15.3 Å². The molecule has 1 saturated heterocycles. The molecule has 0 spiro atoms. The van der Waals surface area contributed by atoms with Crippen LogP contribution in [0.25, 0.3) is 10.9 Å². The van der Waals surface area contributed by atoms with E-state index in [9.17, 15) is 9.18 Å². The number of hydrogen-bond donors (Lipinski definition) is 2. The highest BCUT2D eigenvalue weighted by molar-refractivity contribution is 7.07. The minimum Gasteiger partial charge on any atom is -0.357 e. The molecule has 1 fully saturated rings. The van der Waals surface area contributed by atoms with Crippen molar-refractivity contribution in [1.29, 1.82) is 0 Å². The number of aryl methyl sites for hydroxylation is 2. The van der Waals surface area contributed by atoms with Crippen molar-refractivity contribution in [3.05, 3.63) is 51.9 Å². The van der Waals surface area contributed by atoms with Crippen LogP contribution in [-0.4, -0.2) is 34.0 Å². The molecule has 4 rings (SSSR count). The molecule has 136 valence electrons. The molecule has 2 amide bonds. The Hall–Kier alpha value is -2.41. The summed E-state index contributed by atoms with van der Waals surface area (Å²) in [5.41, 5.74) is 5.24. The molecule has 1 aliphatic heterocycles. The van der Waals surface area contributed by atoms with E-state index < -0.39 is 0 Å². The average molecular weight is 372 g/mol. The van der Waals surface area contributed by atoms with E-state index in [0.29, 0.717) is 18.5 Å². The van der Waals surface area contributed by atoms with Crippen LogP contribution in [0.5, 0.6) is 0 Å². The number of thiazole rings is 1. The largest absolute Gasteiger partial charge is 0.357 e. The molecule has 26 heavy (non-hydrogen) atoms. The second-order valence-electron chi connectivity index (χ2n) is 6.66. The zero-order valence-corrected chi connectivity index (χ0v) is 15.2. The van der Waals surface area contributed by atoms with Crippen molar-refractivity contribution < 1.29 is 9.18 Å². The van der Waals surface area contributed by atoms with Crippen molar-refractivity contribution in [2.45, 2.75) is 32.2 Å². The lowest BCUT2D eigenvalue weighted by Gasteiger charge is -2.15. The van der Waals surface area contributed by atoms with E-state index in [-0.39, 0.29) is 11.8 Å². The molecule has 0 saturated carbocycles. The molecule has 7 heteroatoms. The van der Waals surface area contributed by atoms with Gasteiger partial charge in [-0.1, -0.05) is 0 Å². The fourth-order valence-corrected chi connectivity index (χ4v) is 3.96. The SMILES string of the molecule is O=C(NCc1cc2cc(F)c(CCc3cscn3)cc2[nH]1)N1CCCC1. The number of carbonyl (C=O) groups excluding carboxylic acids is 1. The van der Waals surface area contributed by atoms with E-state index in [0.717, 1.165) is 54.6 Å². The first-order valence-electron chi connectivity index (χ1n) is 8.89. The lowest BCUT2D eigenvalue weighted by Crippen LogP contribution is -2.37. The smallest absolute Gasteiger partial charge is 0.317 e. The standard InChI is InChI=1S/C19H21FN4OS/c20-17-8-14-7-16(10-21-19(25)24-5-1-2-6-24)23-18(14)9-13(17)3-4-15-11-26-12-22-15/h7-9,11-12,23H,1-6,10H2,(H,21,25). The minimum absolute atomic E-state index is 0.0312. The molecule has 0 unspecified atom stereocenters. The number of hydrogen-bond acceptors (Lipinski definition) is 3. The Morgan fingerprint density at radius 3 is 2.88 bits per heavy atom. The van der Waals surface area contributed by atoms with Gasteiger partial charge < -0.3 is 15.2 Å². The number of nitrogens with zero attached hydrogens (tertiary/aromatic N) is 2. The van der Waals surface area contributed by atoms with E-state index in [4.69, 9.17) is 0 Å². The molecule has 2 aromatic heterocycles. The highest BCUT2D eigenvalue weighted by Crippen LogP contribution is 2.22. The second-order valence-corrected chi connectivity index (χ2v) is 7.38. The van der Waals surface area contributed by atoms with Crippen molar-refractivity contribution in [1.82, 2.24) is 20.2 Å². The Labute approximate surface area is 155 Å². The van der Waals surface area contributed by atoms with E-state index >= 15 is 0 Å². The molecule has 3 heterocycles. The first-order chi connectivity index (χ1) is 12.7. The van der Waals surface area contributed by atoms with Crippen molar-refractivity contribution in [3.63, 3.8) is 0 Å². The third-order valence-corrected chi connectivity index (χ3v) is 5.44. The van der Waals surface area contributed by atoms with Gasteiger partial charge in [-0.15, -0.1) is 11.3 Å². The summed E-state index contributed by atoms with van der Waals surface area (Å²) in [4.78, 5) is 21.4. The van der Waals surface area contributed by atoms with Crippen LogP contribution in [0.3, 0.4) is 0 Å². The number of aromatic amines is 1. The van der Waals surface area contributed by atoms with Gasteiger partial charge in [0.1, 0.15) is 5.82 Å². The van der Waals surface area contributed by atoms with Crippen LogP contribution in [0.15, 0.2) is 29.1 Å². The van der Waals surface area contributed by atoms with Gasteiger partial charge in [-0.05, 0) is 49.4 Å². The van der Waals surface area contributed by atoms with Gasteiger partial charge in [0.2, 0.25) is 0 Å². The van der Waals surface area contributed by atoms with Gasteiger partial charge in [0.05, 0.1) is 17.7 Å². The lowest BCUT2D eigenvalue weighted by atomic mass is 10.1. The number of halogens is 1. The van der Waals surface area contributed by atoms with Gasteiger partial charge in [-0.2, -0.15) is 0 Å². The van der Waals surface area contributed by atoms with Crippen molar-refractivity contribution >= 4 is 28.3 Å². The molecule has 1 aromatic carbocycles. The normalized spacial score (nSPS) is 14.3. The fraction of sp³-hybridized carbons (Fsp3) is 0.368. The number of aromatic nitrogens is 2. The number of carbonyl (C=O) groups is 1. The summed E-state index contributed by atoms with van der Waals surface area (Å²) in [6.45, 7) is 2.07. The molecule has 0 aliphatic carbocycles. The first-order valence-corrected chi connectivity index (χ1v) is 9.83. The first kappa shape index (κ1) is 17.0. The highest BCUT2D eigenvalue weighted by Gasteiger charge is 2.17. The molecule has 5 nitrogen and oxygen atoms in total. The highest BCUT2D eigenvalue weighted by atomic mass is 32.1. The summed E-state index contributed by atoms with van der Waals surface area (Å²) in [7, 11) is 0. The number of amides is 2. The summed E-state index contributed by atoms with van der Waals surface area (Å²) >= 11 is 1.55. The van der Waals surface area contributed by atoms with Crippen LogP contribution < -0.4 is 5.32 Å². The van der Waals surface area contributed by atoms with Gasteiger partial charge in [0.25, 0.3) is 0 Å². The van der Waals surface area contributed by atoms with Gasteiger partial charge in [-0.25, -0.2) is 14.2 Å². The Bertz CT molecular complexity index is 900. The van der Waals surface area contributed by atoms with Gasteiger partial charge in [-0.3, -0.25) is 0 Å². The number of urea groups is 1. The predicted molar refractivity (Wildman–Crippen MR) is 101 cm³/mol. The Morgan fingerprint density at radius 1 is 1.27 bits per heavy atom. The Balaban J connectivity index is 1.43. The average Bonchev–Trinajstić information content (AvgIpc) is 3.38. The number of rotatable bonds is 5. The van der Waals surface area contributed by atoms with Crippen LogP contribution >= 0.6 is 11.3 Å². The summed E-state index contributed by atoms with van der Waals surface area (Å²) < 4.78 is 14.4. The van der Waals surface area contributed by atoms with Crippen molar-refractivity contribution in [2.75, 3.05) is 13.1 Å². The molecular weight excluding hydrogens is 351 g/mol.